The molecule has 0 atom stereocenters. The van der Waals surface area contributed by atoms with Gasteiger partial charge in [-0.15, -0.1) is 0 Å². The van der Waals surface area contributed by atoms with E-state index >= 15 is 0 Å². The second-order valence-corrected chi connectivity index (χ2v) is 5.83. The fourth-order valence-corrected chi connectivity index (χ4v) is 2.29. The molecular weight excluding hydrogens is 339 g/mol. The second kappa shape index (κ2) is 8.19. The number of hydrogen-bond acceptors (Lipinski definition) is 4. The maximum absolute atomic E-state index is 12.0. The summed E-state index contributed by atoms with van der Waals surface area (Å²) in [5.74, 6) is 0.0842. The molecule has 2 rings (SSSR count). The molecule has 0 saturated heterocycles. The van der Waals surface area contributed by atoms with Gasteiger partial charge in [0.15, 0.2) is 0 Å². The van der Waals surface area contributed by atoms with Gasteiger partial charge in [-0.25, -0.2) is 4.79 Å². The summed E-state index contributed by atoms with van der Waals surface area (Å²) in [7, 11) is 1.57. The van der Waals surface area contributed by atoms with E-state index in [1.807, 2.05) is 34.5 Å². The molecule has 1 aromatic carbocycles. The highest BCUT2D eigenvalue weighted by atomic mass is 19.4. The second-order valence-electron chi connectivity index (χ2n) is 5.83. The third-order valence-electron chi connectivity index (χ3n) is 3.66. The minimum atomic E-state index is -4.52. The molecule has 0 aliphatic heterocycles. The minimum absolute atomic E-state index is 0.0594. The summed E-state index contributed by atoms with van der Waals surface area (Å²) >= 11 is 0. The predicted molar refractivity (Wildman–Crippen MR) is 84.0 cm³/mol. The summed E-state index contributed by atoms with van der Waals surface area (Å²) in [6.45, 7) is -1.04. The number of urea groups is 1. The smallest absolute Gasteiger partial charge is 0.405 e. The van der Waals surface area contributed by atoms with Crippen LogP contribution in [0.4, 0.5) is 18.0 Å². The Morgan fingerprint density at radius 3 is 2.40 bits per heavy atom. The summed E-state index contributed by atoms with van der Waals surface area (Å²) in [5.41, 5.74) is 0.974. The Kier molecular flexibility index (Phi) is 6.24. The maximum atomic E-state index is 12.0. The number of ether oxygens (including phenoxy) is 1. The molecule has 0 aromatic heterocycles. The van der Waals surface area contributed by atoms with Crippen LogP contribution in [0.15, 0.2) is 24.3 Å². The molecule has 1 fully saturated rings. The Morgan fingerprint density at radius 1 is 1.24 bits per heavy atom. The molecule has 1 saturated carbocycles. The van der Waals surface area contributed by atoms with E-state index in [1.54, 1.807) is 12.4 Å². The van der Waals surface area contributed by atoms with E-state index in [0.29, 0.717) is 6.54 Å². The molecule has 0 heterocycles. The van der Waals surface area contributed by atoms with Gasteiger partial charge in [-0.05, 0) is 30.5 Å². The molecule has 2 N–H and O–H groups in total. The van der Waals surface area contributed by atoms with Crippen molar-refractivity contribution < 1.29 is 27.5 Å². The predicted octanol–water partition coefficient (Wildman–Crippen LogP) is 2.05. The van der Waals surface area contributed by atoms with Crippen LogP contribution in [0.2, 0.25) is 0 Å². The van der Waals surface area contributed by atoms with Gasteiger partial charge in [-0.1, -0.05) is 12.1 Å². The van der Waals surface area contributed by atoms with E-state index in [-0.39, 0.29) is 12.6 Å². The number of imide groups is 1. The highest BCUT2D eigenvalue weighted by Gasteiger charge is 2.31. The standard InChI is InChI=1S/C16H20F3N3O3/c1-25-13-6-2-11(3-7-13)8-22(12-4-5-12)9-14(23)21-15(24)20-10-16(17,18)19/h2-3,6-7,12H,4-5,8-10H2,1H3,(H2,20,21,23,24). The van der Waals surface area contributed by atoms with Crippen LogP contribution in [0, 0.1) is 0 Å². The van der Waals surface area contributed by atoms with Crippen LogP contribution in [0.5, 0.6) is 5.75 Å². The molecule has 25 heavy (non-hydrogen) atoms. The van der Waals surface area contributed by atoms with E-state index in [2.05, 4.69) is 0 Å². The van der Waals surface area contributed by atoms with Gasteiger partial charge in [0, 0.05) is 12.6 Å². The highest BCUT2D eigenvalue weighted by molar-refractivity contribution is 5.95. The van der Waals surface area contributed by atoms with Crippen LogP contribution in [0.25, 0.3) is 0 Å². The number of rotatable bonds is 7. The van der Waals surface area contributed by atoms with Crippen molar-refractivity contribution in [3.63, 3.8) is 0 Å². The number of nitrogens with zero attached hydrogens (tertiary/aromatic N) is 1. The first kappa shape index (κ1) is 19.0. The van der Waals surface area contributed by atoms with E-state index in [4.69, 9.17) is 4.74 Å². The average molecular weight is 359 g/mol. The molecule has 0 spiro atoms. The number of methoxy groups -OCH3 is 1. The summed E-state index contributed by atoms with van der Waals surface area (Å²) in [6.07, 6.45) is -2.62. The molecule has 138 valence electrons. The molecular formula is C16H20F3N3O3. The maximum Gasteiger partial charge on any atom is 0.405 e. The summed E-state index contributed by atoms with van der Waals surface area (Å²) < 4.78 is 41.2. The van der Waals surface area contributed by atoms with Crippen LogP contribution < -0.4 is 15.4 Å². The van der Waals surface area contributed by atoms with Gasteiger partial charge < -0.3 is 10.1 Å². The molecule has 0 unspecified atom stereocenters. The summed E-state index contributed by atoms with van der Waals surface area (Å²) in [4.78, 5) is 25.1. The summed E-state index contributed by atoms with van der Waals surface area (Å²) in [6, 6.07) is 6.47. The first-order chi connectivity index (χ1) is 11.8. The number of hydrogen-bond donors (Lipinski definition) is 2. The van der Waals surface area contributed by atoms with Crippen LogP contribution in [-0.4, -0.2) is 49.3 Å². The van der Waals surface area contributed by atoms with Crippen molar-refractivity contribution in [3.8, 4) is 5.75 Å². The quantitative estimate of drug-likeness (QED) is 0.782. The van der Waals surface area contributed by atoms with Crippen molar-refractivity contribution in [2.45, 2.75) is 31.6 Å². The number of amides is 3. The first-order valence-corrected chi connectivity index (χ1v) is 7.78. The number of alkyl halides is 3. The van der Waals surface area contributed by atoms with E-state index in [0.717, 1.165) is 24.2 Å². The minimum Gasteiger partial charge on any atom is -0.497 e. The fraction of sp³-hybridized carbons (Fsp3) is 0.500. The summed E-state index contributed by atoms with van der Waals surface area (Å²) in [5, 5.41) is 3.52. The Hall–Kier alpha value is -2.29. The zero-order valence-corrected chi connectivity index (χ0v) is 13.7. The molecule has 1 aliphatic carbocycles. The molecule has 1 aromatic rings. The van der Waals surface area contributed by atoms with E-state index in [9.17, 15) is 22.8 Å². The lowest BCUT2D eigenvalue weighted by Gasteiger charge is -2.21. The fourth-order valence-electron chi connectivity index (χ4n) is 2.29. The van der Waals surface area contributed by atoms with Gasteiger partial charge in [-0.3, -0.25) is 15.0 Å². The van der Waals surface area contributed by atoms with Gasteiger partial charge >= 0.3 is 12.2 Å². The SMILES string of the molecule is COc1ccc(CN(CC(=O)NC(=O)NCC(F)(F)F)C2CC2)cc1. The van der Waals surface area contributed by atoms with Crippen molar-refractivity contribution in [2.24, 2.45) is 0 Å². The van der Waals surface area contributed by atoms with Crippen molar-refractivity contribution in [3.05, 3.63) is 29.8 Å². The van der Waals surface area contributed by atoms with Crippen LogP contribution in [0.3, 0.4) is 0 Å². The lowest BCUT2D eigenvalue weighted by atomic mass is 10.2. The van der Waals surface area contributed by atoms with Crippen molar-refractivity contribution >= 4 is 11.9 Å². The largest absolute Gasteiger partial charge is 0.497 e. The Balaban J connectivity index is 1.84. The number of benzene rings is 1. The number of carbonyl (C=O) groups is 2. The van der Waals surface area contributed by atoms with Gasteiger partial charge in [-0.2, -0.15) is 13.2 Å². The monoisotopic (exact) mass is 359 g/mol. The first-order valence-electron chi connectivity index (χ1n) is 7.78. The van der Waals surface area contributed by atoms with Crippen molar-refractivity contribution in [1.82, 2.24) is 15.5 Å². The number of nitrogens with one attached hydrogen (secondary N) is 2. The topological polar surface area (TPSA) is 70.7 Å². The third kappa shape index (κ3) is 7.00. The number of carbonyl (C=O) groups excluding carboxylic acids is 2. The van der Waals surface area contributed by atoms with Crippen molar-refractivity contribution in [1.29, 1.82) is 0 Å². The lowest BCUT2D eigenvalue weighted by Crippen LogP contribution is -2.47. The van der Waals surface area contributed by atoms with Crippen molar-refractivity contribution in [2.75, 3.05) is 20.2 Å². The van der Waals surface area contributed by atoms with E-state index in [1.165, 1.54) is 0 Å². The molecule has 6 nitrogen and oxygen atoms in total. The van der Waals surface area contributed by atoms with Crippen LogP contribution in [0.1, 0.15) is 18.4 Å². The zero-order chi connectivity index (χ0) is 18.4. The molecule has 3 amide bonds. The van der Waals surface area contributed by atoms with Gasteiger partial charge in [0.05, 0.1) is 13.7 Å². The zero-order valence-electron chi connectivity index (χ0n) is 13.7. The highest BCUT2D eigenvalue weighted by Crippen LogP contribution is 2.28. The van der Waals surface area contributed by atoms with Gasteiger partial charge in [0.2, 0.25) is 5.91 Å². The third-order valence-corrected chi connectivity index (χ3v) is 3.66. The van der Waals surface area contributed by atoms with Gasteiger partial charge in [0.25, 0.3) is 0 Å². The molecule has 9 heteroatoms. The average Bonchev–Trinajstić information content (AvgIpc) is 3.37. The Morgan fingerprint density at radius 2 is 1.88 bits per heavy atom. The van der Waals surface area contributed by atoms with E-state index < -0.39 is 24.7 Å². The molecule has 0 radical (unpaired) electrons. The van der Waals surface area contributed by atoms with Crippen LogP contribution >= 0.6 is 0 Å². The van der Waals surface area contributed by atoms with Crippen LogP contribution in [-0.2, 0) is 11.3 Å². The lowest BCUT2D eigenvalue weighted by molar-refractivity contribution is -0.125. The Bertz CT molecular complexity index is 601. The Labute approximate surface area is 143 Å². The number of halogens is 3. The molecule has 1 aliphatic rings. The molecule has 0 bridgehead atoms. The normalized spacial score (nSPS) is 14.3. The van der Waals surface area contributed by atoms with Gasteiger partial charge in [0.1, 0.15) is 12.3 Å².